The maximum atomic E-state index is 11.3. The standard InChI is InChI=1S/C13H28N2O2Si/c1-13(2,3)15-10-9-14(12(15)18(5)6)8-7-11(16)17-4/h12,18H,7-10H2,1-6H3. The molecule has 0 bridgehead atoms. The maximum Gasteiger partial charge on any atom is 0.306 e. The number of ether oxygens (including phenoxy) is 1. The van der Waals surface area contributed by atoms with Crippen LogP contribution in [0.5, 0.6) is 0 Å². The molecule has 0 saturated carbocycles. The van der Waals surface area contributed by atoms with Crippen LogP contribution in [0.4, 0.5) is 0 Å². The van der Waals surface area contributed by atoms with Crippen molar-refractivity contribution in [3.63, 3.8) is 0 Å². The van der Waals surface area contributed by atoms with E-state index in [1.807, 2.05) is 0 Å². The average molecular weight is 272 g/mol. The van der Waals surface area contributed by atoms with Gasteiger partial charge in [-0.1, -0.05) is 13.1 Å². The highest BCUT2D eigenvalue weighted by Gasteiger charge is 2.39. The Morgan fingerprint density at radius 1 is 1.33 bits per heavy atom. The SMILES string of the molecule is COC(=O)CCN1CCN(C(C)(C)C)C1[SiH](C)C. The van der Waals surface area contributed by atoms with Crippen molar-refractivity contribution in [2.75, 3.05) is 26.7 Å². The van der Waals surface area contributed by atoms with Gasteiger partial charge in [0, 0.05) is 31.0 Å². The molecule has 0 aromatic rings. The fourth-order valence-corrected chi connectivity index (χ4v) is 5.25. The summed E-state index contributed by atoms with van der Waals surface area (Å²) in [6.07, 6.45) is 0.506. The Kier molecular flexibility index (Phi) is 5.37. The topological polar surface area (TPSA) is 32.8 Å². The van der Waals surface area contributed by atoms with Crippen LogP contribution in [0.25, 0.3) is 0 Å². The fraction of sp³-hybridized carbons (Fsp3) is 0.923. The zero-order valence-electron chi connectivity index (χ0n) is 12.7. The molecular weight excluding hydrogens is 244 g/mol. The Morgan fingerprint density at radius 2 is 1.94 bits per heavy atom. The summed E-state index contributed by atoms with van der Waals surface area (Å²) in [5, 5.41) is 0. The van der Waals surface area contributed by atoms with Crippen molar-refractivity contribution in [1.29, 1.82) is 0 Å². The third kappa shape index (κ3) is 3.80. The van der Waals surface area contributed by atoms with Crippen molar-refractivity contribution in [1.82, 2.24) is 9.80 Å². The minimum absolute atomic E-state index is 0.103. The fourth-order valence-electron chi connectivity index (χ4n) is 2.79. The van der Waals surface area contributed by atoms with Gasteiger partial charge in [0.25, 0.3) is 0 Å². The highest BCUT2D eigenvalue weighted by Crippen LogP contribution is 2.26. The van der Waals surface area contributed by atoms with Crippen LogP contribution < -0.4 is 0 Å². The summed E-state index contributed by atoms with van der Waals surface area (Å²) >= 11 is 0. The molecule has 0 aromatic carbocycles. The van der Waals surface area contributed by atoms with Gasteiger partial charge in [-0.3, -0.25) is 14.6 Å². The molecule has 1 aliphatic rings. The second-order valence-corrected chi connectivity index (χ2v) is 9.47. The number of hydrogen-bond donors (Lipinski definition) is 0. The van der Waals surface area contributed by atoms with Gasteiger partial charge in [0.1, 0.15) is 0 Å². The van der Waals surface area contributed by atoms with Crippen LogP contribution in [-0.4, -0.2) is 62.6 Å². The van der Waals surface area contributed by atoms with Crippen molar-refractivity contribution < 1.29 is 9.53 Å². The Balaban J connectivity index is 2.67. The molecule has 0 radical (unpaired) electrons. The van der Waals surface area contributed by atoms with Gasteiger partial charge < -0.3 is 4.74 Å². The number of rotatable bonds is 4. The van der Waals surface area contributed by atoms with E-state index in [-0.39, 0.29) is 11.5 Å². The summed E-state index contributed by atoms with van der Waals surface area (Å²) < 4.78 is 4.73. The van der Waals surface area contributed by atoms with Crippen molar-refractivity contribution in [3.8, 4) is 0 Å². The van der Waals surface area contributed by atoms with E-state index in [1.54, 1.807) is 0 Å². The highest BCUT2D eigenvalue weighted by atomic mass is 28.3. The molecular formula is C13H28N2O2Si. The molecule has 106 valence electrons. The van der Waals surface area contributed by atoms with Crippen LogP contribution >= 0.6 is 0 Å². The van der Waals surface area contributed by atoms with Crippen molar-refractivity contribution >= 4 is 14.8 Å². The van der Waals surface area contributed by atoms with Gasteiger partial charge in [-0.25, -0.2) is 0 Å². The van der Waals surface area contributed by atoms with Gasteiger partial charge in [-0.2, -0.15) is 0 Å². The van der Waals surface area contributed by atoms with Gasteiger partial charge in [-0.05, 0) is 20.8 Å². The molecule has 4 nitrogen and oxygen atoms in total. The molecule has 0 spiro atoms. The van der Waals surface area contributed by atoms with Crippen LogP contribution in [-0.2, 0) is 9.53 Å². The van der Waals surface area contributed by atoms with Gasteiger partial charge in [0.2, 0.25) is 0 Å². The van der Waals surface area contributed by atoms with E-state index < -0.39 is 8.80 Å². The third-order valence-electron chi connectivity index (χ3n) is 3.61. The van der Waals surface area contributed by atoms with Crippen molar-refractivity contribution in [3.05, 3.63) is 0 Å². The Hall–Kier alpha value is -0.393. The number of nitrogens with zero attached hydrogens (tertiary/aromatic N) is 2. The maximum absolute atomic E-state index is 11.3. The lowest BCUT2D eigenvalue weighted by molar-refractivity contribution is -0.141. The lowest BCUT2D eigenvalue weighted by atomic mass is 10.1. The lowest BCUT2D eigenvalue weighted by Gasteiger charge is -2.41. The molecule has 1 atom stereocenters. The average Bonchev–Trinajstić information content (AvgIpc) is 2.69. The van der Waals surface area contributed by atoms with E-state index in [2.05, 4.69) is 43.7 Å². The van der Waals surface area contributed by atoms with Crippen LogP contribution in [0.1, 0.15) is 27.2 Å². The summed E-state index contributed by atoms with van der Waals surface area (Å²) in [7, 11) is 0.650. The van der Waals surface area contributed by atoms with Crippen LogP contribution in [0, 0.1) is 0 Å². The molecule has 1 saturated heterocycles. The van der Waals surface area contributed by atoms with Gasteiger partial charge in [0.05, 0.1) is 22.3 Å². The minimum atomic E-state index is -0.811. The summed E-state index contributed by atoms with van der Waals surface area (Å²) in [6.45, 7) is 14.6. The predicted molar refractivity (Wildman–Crippen MR) is 77.3 cm³/mol. The molecule has 0 amide bonds. The molecule has 1 unspecified atom stereocenters. The predicted octanol–water partition coefficient (Wildman–Crippen LogP) is 1.32. The second kappa shape index (κ2) is 6.17. The highest BCUT2D eigenvalue weighted by molar-refractivity contribution is 6.57. The molecule has 1 heterocycles. The lowest BCUT2D eigenvalue weighted by Crippen LogP contribution is -2.54. The number of carbonyl (C=O) groups is 1. The smallest absolute Gasteiger partial charge is 0.306 e. The van der Waals surface area contributed by atoms with Crippen molar-refractivity contribution in [2.45, 2.75) is 51.6 Å². The monoisotopic (exact) mass is 272 g/mol. The number of carbonyl (C=O) groups excluding carboxylic acids is 1. The Bertz CT molecular complexity index is 289. The molecule has 0 N–H and O–H groups in total. The first kappa shape index (κ1) is 15.7. The normalized spacial score (nSPS) is 22.7. The number of esters is 1. The molecule has 1 rings (SSSR count). The molecule has 1 aliphatic heterocycles. The van der Waals surface area contributed by atoms with Crippen LogP contribution in [0.2, 0.25) is 13.1 Å². The van der Waals surface area contributed by atoms with E-state index in [1.165, 1.54) is 7.11 Å². The molecule has 0 aliphatic carbocycles. The first-order valence-electron chi connectivity index (χ1n) is 6.85. The number of hydrogen-bond acceptors (Lipinski definition) is 4. The first-order chi connectivity index (χ1) is 8.27. The van der Waals surface area contributed by atoms with Gasteiger partial charge in [0.15, 0.2) is 0 Å². The van der Waals surface area contributed by atoms with Crippen molar-refractivity contribution in [2.24, 2.45) is 0 Å². The summed E-state index contributed by atoms with van der Waals surface area (Å²) in [5.74, 6) is 0.461. The molecule has 18 heavy (non-hydrogen) atoms. The zero-order chi connectivity index (χ0) is 13.9. The summed E-state index contributed by atoms with van der Waals surface area (Å²) in [5.41, 5.74) is 0.210. The van der Waals surface area contributed by atoms with E-state index in [4.69, 9.17) is 4.74 Å². The van der Waals surface area contributed by atoms with Crippen LogP contribution in [0.15, 0.2) is 0 Å². The van der Waals surface area contributed by atoms with Gasteiger partial charge >= 0.3 is 5.97 Å². The first-order valence-corrected chi connectivity index (χ1v) is 9.82. The van der Waals surface area contributed by atoms with E-state index in [9.17, 15) is 4.79 Å². The van der Waals surface area contributed by atoms with Crippen LogP contribution in [0.3, 0.4) is 0 Å². The molecule has 5 heteroatoms. The Labute approximate surface area is 113 Å². The number of methoxy groups -OCH3 is 1. The van der Waals surface area contributed by atoms with E-state index >= 15 is 0 Å². The molecule has 0 aromatic heterocycles. The summed E-state index contributed by atoms with van der Waals surface area (Å²) in [6, 6.07) is 0. The Morgan fingerprint density at radius 3 is 2.39 bits per heavy atom. The van der Waals surface area contributed by atoms with E-state index in [0.29, 0.717) is 12.2 Å². The largest absolute Gasteiger partial charge is 0.469 e. The zero-order valence-corrected chi connectivity index (χ0v) is 13.8. The third-order valence-corrected chi connectivity index (χ3v) is 5.58. The molecule has 1 fully saturated rings. The van der Waals surface area contributed by atoms with Gasteiger partial charge in [-0.15, -0.1) is 0 Å². The minimum Gasteiger partial charge on any atom is -0.469 e. The quantitative estimate of drug-likeness (QED) is 0.571. The van der Waals surface area contributed by atoms with E-state index in [0.717, 1.165) is 19.6 Å². The second-order valence-electron chi connectivity index (χ2n) is 6.38. The summed E-state index contributed by atoms with van der Waals surface area (Å²) in [4.78, 5) is 16.3.